The predicted molar refractivity (Wildman–Crippen MR) is 77.8 cm³/mol. The van der Waals surface area contributed by atoms with Crippen molar-refractivity contribution in [1.29, 1.82) is 0 Å². The van der Waals surface area contributed by atoms with E-state index >= 15 is 0 Å². The molecule has 0 saturated heterocycles. The second kappa shape index (κ2) is 7.78. The minimum Gasteiger partial charge on any atom is -0.405 e. The molecule has 0 aliphatic rings. The number of hydrogen-bond donors (Lipinski definition) is 4. The van der Waals surface area contributed by atoms with Crippen LogP contribution in [0.25, 0.3) is 0 Å². The Labute approximate surface area is 120 Å². The zero-order chi connectivity index (χ0) is 14.3. The lowest BCUT2D eigenvalue weighted by Crippen LogP contribution is -2.28. The van der Waals surface area contributed by atoms with Crippen LogP contribution in [0.1, 0.15) is 15.5 Å². The number of halogens is 1. The Bertz CT molecular complexity index is 497. The summed E-state index contributed by atoms with van der Waals surface area (Å²) in [5.74, 6) is -0.363. The minimum absolute atomic E-state index is 0.198. The number of rotatable bonds is 6. The zero-order valence-electron chi connectivity index (χ0n) is 10.2. The topological polar surface area (TPSA) is 120 Å². The first-order valence-electron chi connectivity index (χ1n) is 5.54. The molecule has 104 valence electrons. The van der Waals surface area contributed by atoms with Crippen LogP contribution in [0.2, 0.25) is 4.34 Å². The maximum Gasteiger partial charge on any atom is 0.272 e. The summed E-state index contributed by atoms with van der Waals surface area (Å²) in [4.78, 5) is 16.0. The highest BCUT2D eigenvalue weighted by Gasteiger charge is 2.16. The predicted octanol–water partition coefficient (Wildman–Crippen LogP) is 0.343. The number of carbonyl (C=O) groups is 1. The molecule has 1 heterocycles. The van der Waals surface area contributed by atoms with Crippen LogP contribution in [0.3, 0.4) is 0 Å². The third kappa shape index (κ3) is 4.90. The van der Waals surface area contributed by atoms with E-state index in [-0.39, 0.29) is 18.1 Å². The average molecular weight is 302 g/mol. The van der Waals surface area contributed by atoms with Gasteiger partial charge in [0.15, 0.2) is 5.69 Å². The van der Waals surface area contributed by atoms with Gasteiger partial charge in [-0.25, -0.2) is 4.98 Å². The normalized spacial score (nSPS) is 12.0. The molecular weight excluding hydrogens is 286 g/mol. The zero-order valence-corrected chi connectivity index (χ0v) is 11.8. The minimum atomic E-state index is -0.363. The number of hydrogen-bond acceptors (Lipinski definition) is 6. The Kier molecular flexibility index (Phi) is 6.34. The molecular formula is C11H16ClN5OS. The summed E-state index contributed by atoms with van der Waals surface area (Å²) in [5, 5.41) is 3.37. The third-order valence-corrected chi connectivity index (χ3v) is 3.39. The van der Waals surface area contributed by atoms with Crippen LogP contribution in [0, 0.1) is 0 Å². The second-order valence-corrected chi connectivity index (χ2v) is 5.26. The lowest BCUT2D eigenvalue weighted by molar-refractivity contribution is 0.0952. The van der Waals surface area contributed by atoms with E-state index in [1.807, 2.05) is 0 Å². The summed E-state index contributed by atoms with van der Waals surface area (Å²) >= 11 is 7.21. The summed E-state index contributed by atoms with van der Waals surface area (Å²) in [5.41, 5.74) is 16.9. The molecule has 0 saturated carbocycles. The van der Waals surface area contributed by atoms with Gasteiger partial charge >= 0.3 is 0 Å². The maximum absolute atomic E-state index is 11.9. The van der Waals surface area contributed by atoms with Crippen LogP contribution >= 0.6 is 22.9 Å². The van der Waals surface area contributed by atoms with Crippen molar-refractivity contribution in [2.45, 2.75) is 6.42 Å². The molecule has 0 fully saturated rings. The van der Waals surface area contributed by atoms with E-state index < -0.39 is 0 Å². The van der Waals surface area contributed by atoms with Gasteiger partial charge in [0.05, 0.1) is 11.6 Å². The number of aromatic nitrogens is 1. The third-order valence-electron chi connectivity index (χ3n) is 2.08. The molecule has 7 N–H and O–H groups in total. The van der Waals surface area contributed by atoms with Gasteiger partial charge in [0.2, 0.25) is 0 Å². The molecule has 0 aliphatic heterocycles. The highest BCUT2D eigenvalue weighted by molar-refractivity contribution is 7.16. The van der Waals surface area contributed by atoms with Crippen LogP contribution < -0.4 is 22.5 Å². The van der Waals surface area contributed by atoms with E-state index in [1.54, 1.807) is 12.2 Å². The number of nitrogens with zero attached hydrogens (tertiary/aromatic N) is 1. The quantitative estimate of drug-likeness (QED) is 0.565. The van der Waals surface area contributed by atoms with E-state index in [0.29, 0.717) is 23.0 Å². The first kappa shape index (κ1) is 15.5. The molecule has 6 nitrogen and oxygen atoms in total. The first-order valence-corrected chi connectivity index (χ1v) is 6.74. The Hall–Kier alpha value is -1.57. The van der Waals surface area contributed by atoms with Crippen molar-refractivity contribution in [3.8, 4) is 0 Å². The van der Waals surface area contributed by atoms with Crippen LogP contribution in [0.15, 0.2) is 24.0 Å². The Morgan fingerprint density at radius 3 is 2.89 bits per heavy atom. The van der Waals surface area contributed by atoms with Gasteiger partial charge in [0.1, 0.15) is 4.34 Å². The fraction of sp³-hybridized carbons (Fsp3) is 0.273. The molecule has 0 aliphatic carbocycles. The molecule has 0 spiro atoms. The number of nitrogens with one attached hydrogen (secondary N) is 1. The standard InChI is InChI=1S/C11H16ClN5OS/c12-10-9(17-8(19-10)3-5-14)11(18)16-6-7(15)2-1-4-13/h1-2,4H,3,5-6,13-15H2,(H,16,18)/b4-1-,7-2-. The highest BCUT2D eigenvalue weighted by atomic mass is 35.5. The largest absolute Gasteiger partial charge is 0.405 e. The summed E-state index contributed by atoms with van der Waals surface area (Å²) in [6.45, 7) is 0.662. The van der Waals surface area contributed by atoms with Crippen molar-refractivity contribution in [2.75, 3.05) is 13.1 Å². The van der Waals surface area contributed by atoms with Crippen molar-refractivity contribution in [3.63, 3.8) is 0 Å². The molecule has 0 bridgehead atoms. The van der Waals surface area contributed by atoms with Crippen molar-refractivity contribution in [2.24, 2.45) is 17.2 Å². The van der Waals surface area contributed by atoms with Gasteiger partial charge in [0.25, 0.3) is 5.91 Å². The van der Waals surface area contributed by atoms with Crippen molar-refractivity contribution in [1.82, 2.24) is 10.3 Å². The molecule has 1 amide bonds. The first-order chi connectivity index (χ1) is 9.08. The van der Waals surface area contributed by atoms with Crippen LogP contribution in [-0.4, -0.2) is 24.0 Å². The van der Waals surface area contributed by atoms with Crippen molar-refractivity contribution >= 4 is 28.8 Å². The van der Waals surface area contributed by atoms with E-state index in [2.05, 4.69) is 10.3 Å². The molecule has 1 aromatic heterocycles. The number of thiazole rings is 1. The van der Waals surface area contributed by atoms with Gasteiger partial charge in [0, 0.05) is 12.1 Å². The molecule has 1 aromatic rings. The van der Waals surface area contributed by atoms with E-state index in [0.717, 1.165) is 5.01 Å². The molecule has 0 aromatic carbocycles. The van der Waals surface area contributed by atoms with Gasteiger partial charge in [-0.2, -0.15) is 0 Å². The molecule has 8 heteroatoms. The van der Waals surface area contributed by atoms with Crippen LogP contribution in [0.4, 0.5) is 0 Å². The van der Waals surface area contributed by atoms with Gasteiger partial charge in [-0.05, 0) is 24.9 Å². The number of carbonyl (C=O) groups excluding carboxylic acids is 1. The summed E-state index contributed by atoms with van der Waals surface area (Å²) in [6.07, 6.45) is 5.13. The van der Waals surface area contributed by atoms with Crippen molar-refractivity contribution < 1.29 is 4.79 Å². The number of nitrogens with two attached hydrogens (primary N) is 3. The summed E-state index contributed by atoms with van der Waals surface area (Å²) < 4.78 is 0.352. The molecule has 0 unspecified atom stereocenters. The fourth-order valence-electron chi connectivity index (χ4n) is 1.22. The highest BCUT2D eigenvalue weighted by Crippen LogP contribution is 2.24. The lowest BCUT2D eigenvalue weighted by Gasteiger charge is -2.03. The maximum atomic E-state index is 11.9. The average Bonchev–Trinajstić information content (AvgIpc) is 2.75. The summed E-state index contributed by atoms with van der Waals surface area (Å²) in [7, 11) is 0. The van der Waals surface area contributed by atoms with Crippen LogP contribution in [0.5, 0.6) is 0 Å². The Balaban J connectivity index is 2.63. The molecule has 19 heavy (non-hydrogen) atoms. The number of amides is 1. The van der Waals surface area contributed by atoms with Gasteiger partial charge in [-0.15, -0.1) is 11.3 Å². The fourth-order valence-corrected chi connectivity index (χ4v) is 2.41. The lowest BCUT2D eigenvalue weighted by atomic mass is 10.3. The van der Waals surface area contributed by atoms with E-state index in [1.165, 1.54) is 17.5 Å². The van der Waals surface area contributed by atoms with Gasteiger partial charge in [-0.1, -0.05) is 11.6 Å². The number of allylic oxidation sites excluding steroid dienone is 2. The van der Waals surface area contributed by atoms with Gasteiger partial charge < -0.3 is 22.5 Å². The summed E-state index contributed by atoms with van der Waals surface area (Å²) in [6, 6.07) is 0. The molecule has 1 rings (SSSR count). The van der Waals surface area contributed by atoms with Crippen molar-refractivity contribution in [3.05, 3.63) is 39.1 Å². The Morgan fingerprint density at radius 1 is 1.53 bits per heavy atom. The second-order valence-electron chi connectivity index (χ2n) is 3.58. The molecule has 0 atom stereocenters. The van der Waals surface area contributed by atoms with E-state index in [9.17, 15) is 4.79 Å². The molecule has 0 radical (unpaired) electrons. The van der Waals surface area contributed by atoms with E-state index in [4.69, 9.17) is 28.8 Å². The SMILES string of the molecule is N/C=C\C=C(/N)CNC(=O)c1nc(CCN)sc1Cl. The smallest absolute Gasteiger partial charge is 0.272 e. The van der Waals surface area contributed by atoms with Crippen LogP contribution in [-0.2, 0) is 6.42 Å². The Morgan fingerprint density at radius 2 is 2.26 bits per heavy atom. The monoisotopic (exact) mass is 301 g/mol. The van der Waals surface area contributed by atoms with Gasteiger partial charge in [-0.3, -0.25) is 4.79 Å².